The number of rotatable bonds is 3. The fourth-order valence-electron chi connectivity index (χ4n) is 4.46. The van der Waals surface area contributed by atoms with Crippen molar-refractivity contribution in [1.82, 2.24) is 15.1 Å². The predicted molar refractivity (Wildman–Crippen MR) is 133 cm³/mol. The third-order valence-corrected chi connectivity index (χ3v) is 6.31. The minimum Gasteiger partial charge on any atom is -0.348 e. The van der Waals surface area contributed by atoms with Crippen LogP contribution in [0.1, 0.15) is 12.5 Å². The Hall–Kier alpha value is -4.58. The molecule has 180 valence electrons. The number of urea groups is 1. The van der Waals surface area contributed by atoms with Gasteiger partial charge in [0.1, 0.15) is 17.3 Å². The molecular formula is C27H22F2N6O. The van der Waals surface area contributed by atoms with Gasteiger partial charge in [-0.25, -0.2) is 13.6 Å². The van der Waals surface area contributed by atoms with Crippen molar-refractivity contribution in [3.63, 3.8) is 0 Å². The van der Waals surface area contributed by atoms with E-state index in [0.29, 0.717) is 25.2 Å². The molecule has 0 aliphatic carbocycles. The lowest BCUT2D eigenvalue weighted by molar-refractivity contribution is 0.200. The first-order chi connectivity index (χ1) is 17.4. The van der Waals surface area contributed by atoms with Crippen molar-refractivity contribution >= 4 is 28.3 Å². The number of anilines is 2. The molecule has 0 saturated carbocycles. The largest absolute Gasteiger partial charge is 0.348 e. The number of nitrogens with one attached hydrogen (secondary N) is 1. The van der Waals surface area contributed by atoms with Gasteiger partial charge in [-0.1, -0.05) is 36.4 Å². The van der Waals surface area contributed by atoms with E-state index in [2.05, 4.69) is 26.5 Å². The third-order valence-electron chi connectivity index (χ3n) is 6.31. The summed E-state index contributed by atoms with van der Waals surface area (Å²) >= 11 is 0. The van der Waals surface area contributed by atoms with Crippen molar-refractivity contribution in [3.05, 3.63) is 83.9 Å². The first-order valence-corrected chi connectivity index (χ1v) is 11.5. The van der Waals surface area contributed by atoms with E-state index in [1.165, 1.54) is 6.07 Å². The minimum absolute atomic E-state index is 0.0632. The Kier molecular flexibility index (Phi) is 6.17. The standard InChI is InChI=1S/C27H22F2N6O/c1-17-16-34(27(36)31-24-11-10-20(28)14-23(24)29)12-13-35(17)26-22-5-3-2-4-21(22)25(32-33-26)19-8-6-18(15-30)7-9-19/h2-11,14,17H,12-13,16H2,1H3,(H,31,36)/t17-/m0/s1. The summed E-state index contributed by atoms with van der Waals surface area (Å²) in [6.45, 7) is 3.28. The van der Waals surface area contributed by atoms with Crippen molar-refractivity contribution in [3.8, 4) is 17.3 Å². The summed E-state index contributed by atoms with van der Waals surface area (Å²) in [6.07, 6.45) is 0. The third kappa shape index (κ3) is 4.41. The van der Waals surface area contributed by atoms with Gasteiger partial charge in [-0.3, -0.25) is 0 Å². The summed E-state index contributed by atoms with van der Waals surface area (Å²) < 4.78 is 27.1. The van der Waals surface area contributed by atoms with E-state index in [1.807, 2.05) is 43.3 Å². The molecule has 1 aromatic heterocycles. The van der Waals surface area contributed by atoms with Gasteiger partial charge in [-0.2, -0.15) is 5.26 Å². The van der Waals surface area contributed by atoms with Crippen LogP contribution in [0, 0.1) is 23.0 Å². The number of carbonyl (C=O) groups excluding carboxylic acids is 1. The van der Waals surface area contributed by atoms with Crippen LogP contribution >= 0.6 is 0 Å². The highest BCUT2D eigenvalue weighted by molar-refractivity contribution is 6.00. The molecule has 4 aromatic rings. The molecule has 0 spiro atoms. The fourth-order valence-corrected chi connectivity index (χ4v) is 4.46. The van der Waals surface area contributed by atoms with Crippen LogP contribution in [-0.4, -0.2) is 46.8 Å². The van der Waals surface area contributed by atoms with Crippen LogP contribution in [0.2, 0.25) is 0 Å². The zero-order valence-electron chi connectivity index (χ0n) is 19.4. The number of nitrogens with zero attached hydrogens (tertiary/aromatic N) is 5. The van der Waals surface area contributed by atoms with Crippen molar-refractivity contribution in [1.29, 1.82) is 5.26 Å². The maximum atomic E-state index is 14.0. The Morgan fingerprint density at radius 1 is 1.03 bits per heavy atom. The Morgan fingerprint density at radius 2 is 1.78 bits per heavy atom. The van der Waals surface area contributed by atoms with Crippen molar-refractivity contribution < 1.29 is 13.6 Å². The monoisotopic (exact) mass is 484 g/mol. The number of halogens is 2. The second-order valence-electron chi connectivity index (χ2n) is 8.65. The highest BCUT2D eigenvalue weighted by Gasteiger charge is 2.29. The number of piperazine rings is 1. The van der Waals surface area contributed by atoms with Crippen molar-refractivity contribution in [2.24, 2.45) is 0 Å². The van der Waals surface area contributed by atoms with Crippen LogP contribution in [-0.2, 0) is 0 Å². The Balaban J connectivity index is 1.37. The van der Waals surface area contributed by atoms with Gasteiger partial charge < -0.3 is 15.1 Å². The van der Waals surface area contributed by atoms with Crippen LogP contribution in [0.4, 0.5) is 25.1 Å². The number of amides is 2. The highest BCUT2D eigenvalue weighted by atomic mass is 19.1. The summed E-state index contributed by atoms with van der Waals surface area (Å²) in [6, 6.07) is 19.7. The maximum absolute atomic E-state index is 14.0. The molecule has 0 unspecified atom stereocenters. The van der Waals surface area contributed by atoms with Crippen LogP contribution < -0.4 is 10.2 Å². The van der Waals surface area contributed by atoms with Gasteiger partial charge in [0, 0.05) is 48.1 Å². The van der Waals surface area contributed by atoms with Gasteiger partial charge in [0.05, 0.1) is 17.3 Å². The van der Waals surface area contributed by atoms with Gasteiger partial charge in [-0.15, -0.1) is 10.2 Å². The molecule has 3 aromatic carbocycles. The zero-order valence-corrected chi connectivity index (χ0v) is 19.4. The van der Waals surface area contributed by atoms with Gasteiger partial charge in [0.25, 0.3) is 0 Å². The van der Waals surface area contributed by atoms with E-state index in [0.717, 1.165) is 40.0 Å². The second kappa shape index (κ2) is 9.58. The van der Waals surface area contributed by atoms with E-state index in [9.17, 15) is 13.6 Å². The zero-order chi connectivity index (χ0) is 25.2. The number of aromatic nitrogens is 2. The Labute approximate surface area is 206 Å². The molecule has 1 N–H and O–H groups in total. The first kappa shape index (κ1) is 23.2. The van der Waals surface area contributed by atoms with Crippen LogP contribution in [0.5, 0.6) is 0 Å². The Morgan fingerprint density at radius 3 is 2.47 bits per heavy atom. The molecule has 36 heavy (non-hydrogen) atoms. The lowest BCUT2D eigenvalue weighted by atomic mass is 10.0. The highest BCUT2D eigenvalue weighted by Crippen LogP contribution is 2.33. The summed E-state index contributed by atoms with van der Waals surface area (Å²) in [7, 11) is 0. The quantitative estimate of drug-likeness (QED) is 0.433. The molecule has 7 nitrogen and oxygen atoms in total. The molecule has 0 radical (unpaired) electrons. The molecule has 2 heterocycles. The van der Waals surface area contributed by atoms with E-state index in [-0.39, 0.29) is 11.7 Å². The van der Waals surface area contributed by atoms with E-state index in [4.69, 9.17) is 5.26 Å². The molecular weight excluding hydrogens is 462 g/mol. The van der Waals surface area contributed by atoms with Gasteiger partial charge in [0.2, 0.25) is 0 Å². The van der Waals surface area contributed by atoms with Crippen molar-refractivity contribution in [2.45, 2.75) is 13.0 Å². The summed E-state index contributed by atoms with van der Waals surface area (Å²) in [4.78, 5) is 16.5. The number of hydrogen-bond donors (Lipinski definition) is 1. The van der Waals surface area contributed by atoms with Crippen LogP contribution in [0.15, 0.2) is 66.7 Å². The van der Waals surface area contributed by atoms with Crippen molar-refractivity contribution in [2.75, 3.05) is 29.9 Å². The molecule has 1 fully saturated rings. The lowest BCUT2D eigenvalue weighted by Gasteiger charge is -2.40. The Bertz CT molecular complexity index is 1480. The minimum atomic E-state index is -0.820. The van der Waals surface area contributed by atoms with Gasteiger partial charge in [-0.05, 0) is 31.2 Å². The number of carbonyl (C=O) groups is 1. The molecule has 2 amide bonds. The average molecular weight is 485 g/mol. The van der Waals surface area contributed by atoms with E-state index < -0.39 is 17.7 Å². The average Bonchev–Trinajstić information content (AvgIpc) is 2.90. The van der Waals surface area contributed by atoms with E-state index in [1.54, 1.807) is 17.0 Å². The molecule has 1 aliphatic rings. The molecule has 1 saturated heterocycles. The smallest absolute Gasteiger partial charge is 0.322 e. The first-order valence-electron chi connectivity index (χ1n) is 11.5. The van der Waals surface area contributed by atoms with Crippen LogP contribution in [0.3, 0.4) is 0 Å². The molecule has 9 heteroatoms. The fraction of sp³-hybridized carbons (Fsp3) is 0.185. The summed E-state index contributed by atoms with van der Waals surface area (Å²) in [5, 5.41) is 22.6. The number of hydrogen-bond acceptors (Lipinski definition) is 5. The molecule has 5 rings (SSSR count). The topological polar surface area (TPSA) is 85.2 Å². The normalized spacial score (nSPS) is 15.6. The second-order valence-corrected chi connectivity index (χ2v) is 8.65. The molecule has 1 atom stereocenters. The van der Waals surface area contributed by atoms with Gasteiger partial charge >= 0.3 is 6.03 Å². The predicted octanol–water partition coefficient (Wildman–Crippen LogP) is 5.19. The number of nitriles is 1. The lowest BCUT2D eigenvalue weighted by Crippen LogP contribution is -2.55. The molecule has 1 aliphatic heterocycles. The molecule has 0 bridgehead atoms. The number of benzene rings is 3. The maximum Gasteiger partial charge on any atom is 0.322 e. The SMILES string of the molecule is C[C@H]1CN(C(=O)Nc2ccc(F)cc2F)CCN1c1nnc(-c2ccc(C#N)cc2)c2ccccc12. The van der Waals surface area contributed by atoms with E-state index >= 15 is 0 Å². The summed E-state index contributed by atoms with van der Waals surface area (Å²) in [5.74, 6) is -0.800. The summed E-state index contributed by atoms with van der Waals surface area (Å²) in [5.41, 5.74) is 2.11. The van der Waals surface area contributed by atoms with Crippen LogP contribution in [0.25, 0.3) is 22.0 Å². The number of fused-ring (bicyclic) bond motifs is 1. The van der Waals surface area contributed by atoms with Gasteiger partial charge in [0.15, 0.2) is 5.82 Å².